The van der Waals surface area contributed by atoms with Gasteiger partial charge in [-0.2, -0.15) is 5.10 Å². The molecule has 0 spiro atoms. The molecule has 7 nitrogen and oxygen atoms in total. The quantitative estimate of drug-likeness (QED) is 0.874. The zero-order chi connectivity index (χ0) is 17.4. The first-order chi connectivity index (χ1) is 11.4. The number of carbonyl (C=O) groups excluding carboxylic acids is 2. The van der Waals surface area contributed by atoms with Crippen LogP contribution in [0.15, 0.2) is 16.9 Å². The lowest BCUT2D eigenvalue weighted by molar-refractivity contribution is 0.1000. The Hall–Kier alpha value is -2.48. The molecule has 1 atom stereocenters. The van der Waals surface area contributed by atoms with Crippen LogP contribution in [0.3, 0.4) is 0 Å². The smallest absolute Gasteiger partial charge is 0.276 e. The molecule has 0 bridgehead atoms. The van der Waals surface area contributed by atoms with Gasteiger partial charge in [0.2, 0.25) is 0 Å². The lowest BCUT2D eigenvalue weighted by atomic mass is 9.88. The number of nitrogens with one attached hydrogen (secondary N) is 1. The molecule has 2 aromatic rings. The Labute approximate surface area is 142 Å². The first-order valence-corrected chi connectivity index (χ1v) is 8.48. The summed E-state index contributed by atoms with van der Waals surface area (Å²) in [6.07, 6.45) is 2.67. The molecule has 0 radical (unpaired) electrons. The molecule has 1 aliphatic rings. The minimum absolute atomic E-state index is 0.104. The largest absolute Gasteiger partial charge is 0.365 e. The number of anilines is 1. The number of carbonyl (C=O) groups is 2. The zero-order valence-electron chi connectivity index (χ0n) is 13.5. The van der Waals surface area contributed by atoms with Crippen molar-refractivity contribution in [1.29, 1.82) is 0 Å². The monoisotopic (exact) mass is 346 g/mol. The molecule has 2 heterocycles. The SMILES string of the molecule is CC1CCc2c(sc(NC(=O)c3ccc(=O)n(C)n3)c2C(N)=O)C1. The van der Waals surface area contributed by atoms with Gasteiger partial charge in [0.1, 0.15) is 10.7 Å². The molecule has 1 unspecified atom stereocenters. The Kier molecular flexibility index (Phi) is 4.23. The van der Waals surface area contributed by atoms with Crippen molar-refractivity contribution in [2.75, 3.05) is 5.32 Å². The summed E-state index contributed by atoms with van der Waals surface area (Å²) in [5.41, 5.74) is 6.69. The number of primary amides is 1. The third-order valence-electron chi connectivity index (χ3n) is 4.18. The van der Waals surface area contributed by atoms with E-state index >= 15 is 0 Å². The third kappa shape index (κ3) is 2.96. The standard InChI is InChI=1S/C16H18N4O3S/c1-8-3-4-9-11(7-8)24-16(13(9)14(17)22)18-15(23)10-5-6-12(21)20(2)19-10/h5-6,8H,3-4,7H2,1-2H3,(H2,17,22)(H,18,23). The van der Waals surface area contributed by atoms with Crippen molar-refractivity contribution in [1.82, 2.24) is 9.78 Å². The zero-order valence-corrected chi connectivity index (χ0v) is 14.3. The van der Waals surface area contributed by atoms with Crippen molar-refractivity contribution in [2.45, 2.75) is 26.2 Å². The number of hydrogen-bond donors (Lipinski definition) is 2. The van der Waals surface area contributed by atoms with E-state index in [0.717, 1.165) is 34.4 Å². The highest BCUT2D eigenvalue weighted by atomic mass is 32.1. The van der Waals surface area contributed by atoms with Crippen molar-refractivity contribution in [2.24, 2.45) is 18.7 Å². The number of nitrogens with two attached hydrogens (primary N) is 1. The second-order valence-electron chi connectivity index (χ2n) is 6.05. The molecule has 0 fully saturated rings. The van der Waals surface area contributed by atoms with Gasteiger partial charge < -0.3 is 11.1 Å². The summed E-state index contributed by atoms with van der Waals surface area (Å²) in [5.74, 6) is -0.462. The molecular weight excluding hydrogens is 328 g/mol. The van der Waals surface area contributed by atoms with Crippen molar-refractivity contribution in [3.63, 3.8) is 0 Å². The number of aromatic nitrogens is 2. The summed E-state index contributed by atoms with van der Waals surface area (Å²) in [5, 5.41) is 7.11. The van der Waals surface area contributed by atoms with Crippen LogP contribution in [0.1, 0.15) is 44.6 Å². The van der Waals surface area contributed by atoms with Gasteiger partial charge in [0.15, 0.2) is 0 Å². The highest BCUT2D eigenvalue weighted by molar-refractivity contribution is 7.17. The minimum atomic E-state index is -0.536. The second-order valence-corrected chi connectivity index (χ2v) is 7.16. The number of nitrogens with zero attached hydrogens (tertiary/aromatic N) is 2. The number of aryl methyl sites for hydroxylation is 1. The second kappa shape index (κ2) is 6.20. The lowest BCUT2D eigenvalue weighted by Gasteiger charge is -2.18. The van der Waals surface area contributed by atoms with E-state index in [1.54, 1.807) is 0 Å². The molecule has 3 N–H and O–H groups in total. The lowest BCUT2D eigenvalue weighted by Crippen LogP contribution is -2.24. The molecule has 3 rings (SSSR count). The van der Waals surface area contributed by atoms with Crippen LogP contribution in [-0.2, 0) is 19.9 Å². The highest BCUT2D eigenvalue weighted by Gasteiger charge is 2.27. The van der Waals surface area contributed by atoms with Crippen molar-refractivity contribution >= 4 is 28.2 Å². The van der Waals surface area contributed by atoms with Crippen LogP contribution in [0.4, 0.5) is 5.00 Å². The van der Waals surface area contributed by atoms with Gasteiger partial charge in [0.05, 0.1) is 5.56 Å². The number of thiophene rings is 1. The molecular formula is C16H18N4O3S. The van der Waals surface area contributed by atoms with Gasteiger partial charge in [-0.25, -0.2) is 4.68 Å². The summed E-state index contributed by atoms with van der Waals surface area (Å²) in [6, 6.07) is 2.63. The number of fused-ring (bicyclic) bond motifs is 1. The summed E-state index contributed by atoms with van der Waals surface area (Å²) in [6.45, 7) is 2.17. The van der Waals surface area contributed by atoms with Crippen molar-refractivity contribution in [3.8, 4) is 0 Å². The minimum Gasteiger partial charge on any atom is -0.365 e. The van der Waals surface area contributed by atoms with E-state index in [4.69, 9.17) is 5.73 Å². The average Bonchev–Trinajstić information content (AvgIpc) is 2.86. The Balaban J connectivity index is 1.94. The fourth-order valence-corrected chi connectivity index (χ4v) is 4.30. The number of hydrogen-bond acceptors (Lipinski definition) is 5. The van der Waals surface area contributed by atoms with Crippen LogP contribution in [0.5, 0.6) is 0 Å². The molecule has 2 aromatic heterocycles. The summed E-state index contributed by atoms with van der Waals surface area (Å²) in [4.78, 5) is 36.7. The Morgan fingerprint density at radius 3 is 2.83 bits per heavy atom. The fraction of sp³-hybridized carbons (Fsp3) is 0.375. The molecule has 0 saturated heterocycles. The summed E-state index contributed by atoms with van der Waals surface area (Å²) < 4.78 is 1.09. The summed E-state index contributed by atoms with van der Waals surface area (Å²) >= 11 is 1.40. The van der Waals surface area contributed by atoms with Crippen LogP contribution in [0, 0.1) is 5.92 Å². The average molecular weight is 346 g/mol. The predicted octanol–water partition coefficient (Wildman–Crippen LogP) is 1.32. The number of rotatable bonds is 3. The highest BCUT2D eigenvalue weighted by Crippen LogP contribution is 2.39. The van der Waals surface area contributed by atoms with E-state index in [9.17, 15) is 14.4 Å². The molecule has 126 valence electrons. The van der Waals surface area contributed by atoms with E-state index in [1.807, 2.05) is 0 Å². The van der Waals surface area contributed by atoms with E-state index in [0.29, 0.717) is 16.5 Å². The van der Waals surface area contributed by atoms with E-state index < -0.39 is 11.8 Å². The van der Waals surface area contributed by atoms with Crippen molar-refractivity contribution < 1.29 is 9.59 Å². The third-order valence-corrected chi connectivity index (χ3v) is 5.35. The predicted molar refractivity (Wildman–Crippen MR) is 91.5 cm³/mol. The van der Waals surface area contributed by atoms with E-state index in [2.05, 4.69) is 17.3 Å². The van der Waals surface area contributed by atoms with Gasteiger partial charge in [-0.05, 0) is 36.8 Å². The first kappa shape index (κ1) is 16.4. The van der Waals surface area contributed by atoms with E-state index in [1.165, 1.54) is 30.5 Å². The molecule has 8 heteroatoms. The maximum atomic E-state index is 12.4. The van der Waals surface area contributed by atoms with Crippen LogP contribution >= 0.6 is 11.3 Å². The van der Waals surface area contributed by atoms with E-state index in [-0.39, 0.29) is 11.3 Å². The molecule has 0 aliphatic heterocycles. The van der Waals surface area contributed by atoms with Crippen LogP contribution in [0.25, 0.3) is 0 Å². The summed E-state index contributed by atoms with van der Waals surface area (Å²) in [7, 11) is 1.47. The topological polar surface area (TPSA) is 107 Å². The maximum Gasteiger partial charge on any atom is 0.276 e. The fourth-order valence-electron chi connectivity index (χ4n) is 2.89. The van der Waals surface area contributed by atoms with Gasteiger partial charge in [-0.15, -0.1) is 11.3 Å². The molecule has 2 amide bonds. The Morgan fingerprint density at radius 2 is 2.17 bits per heavy atom. The molecule has 24 heavy (non-hydrogen) atoms. The Bertz CT molecular complexity index is 884. The molecule has 1 aliphatic carbocycles. The van der Waals surface area contributed by atoms with Gasteiger partial charge in [0.25, 0.3) is 17.4 Å². The Morgan fingerprint density at radius 1 is 1.42 bits per heavy atom. The van der Waals surface area contributed by atoms with Gasteiger partial charge in [-0.1, -0.05) is 6.92 Å². The maximum absolute atomic E-state index is 12.4. The molecule has 0 saturated carbocycles. The van der Waals surface area contributed by atoms with Crippen LogP contribution in [-0.4, -0.2) is 21.6 Å². The molecule has 0 aromatic carbocycles. The van der Waals surface area contributed by atoms with Gasteiger partial charge in [0, 0.05) is 18.0 Å². The van der Waals surface area contributed by atoms with Crippen LogP contribution in [0.2, 0.25) is 0 Å². The normalized spacial score (nSPS) is 16.5. The van der Waals surface area contributed by atoms with Gasteiger partial charge >= 0.3 is 0 Å². The van der Waals surface area contributed by atoms with Crippen LogP contribution < -0.4 is 16.6 Å². The van der Waals surface area contributed by atoms with Gasteiger partial charge in [-0.3, -0.25) is 14.4 Å². The van der Waals surface area contributed by atoms with Crippen molar-refractivity contribution in [3.05, 3.63) is 44.2 Å². The first-order valence-electron chi connectivity index (χ1n) is 7.67. The number of amides is 2.